The van der Waals surface area contributed by atoms with E-state index in [1.165, 1.54) is 10.5 Å². The molecule has 0 amide bonds. The van der Waals surface area contributed by atoms with Crippen LogP contribution in [-0.2, 0) is 6.54 Å². The largest absolute Gasteiger partial charge is 0.545 e. The van der Waals surface area contributed by atoms with Gasteiger partial charge in [-0.15, -0.1) is 0 Å². The molecule has 1 aliphatic rings. The second-order valence-electron chi connectivity index (χ2n) is 5.88. The van der Waals surface area contributed by atoms with Crippen LogP contribution in [0.3, 0.4) is 0 Å². The number of anilines is 1. The summed E-state index contributed by atoms with van der Waals surface area (Å²) in [6.07, 6.45) is 0. The topological polar surface area (TPSA) is 47.8 Å². The minimum absolute atomic E-state index is 0.221. The summed E-state index contributed by atoms with van der Waals surface area (Å²) in [5, 5.41) is 11.6. The zero-order valence-electron chi connectivity index (χ0n) is 12.8. The van der Waals surface area contributed by atoms with Crippen LogP contribution in [0, 0.1) is 0 Å². The van der Waals surface area contributed by atoms with Gasteiger partial charge < -0.3 is 19.7 Å². The first-order valence-corrected chi connectivity index (χ1v) is 8.14. The molecule has 0 unspecified atom stereocenters. The van der Waals surface area contributed by atoms with E-state index >= 15 is 0 Å². The first-order valence-electron chi connectivity index (χ1n) is 7.76. The van der Waals surface area contributed by atoms with E-state index in [0.29, 0.717) is 0 Å². The highest BCUT2D eigenvalue weighted by molar-refractivity contribution is 6.30. The van der Waals surface area contributed by atoms with Crippen LogP contribution in [0.2, 0.25) is 5.02 Å². The van der Waals surface area contributed by atoms with Gasteiger partial charge in [0.15, 0.2) is 0 Å². The van der Waals surface area contributed by atoms with Crippen LogP contribution in [0.1, 0.15) is 15.9 Å². The Kier molecular flexibility index (Phi) is 4.84. The second kappa shape index (κ2) is 7.02. The van der Waals surface area contributed by atoms with Gasteiger partial charge in [0.05, 0.1) is 32.1 Å². The molecule has 4 nitrogen and oxygen atoms in total. The number of hydrogen-bond donors (Lipinski definition) is 1. The first kappa shape index (κ1) is 15.8. The lowest BCUT2D eigenvalue weighted by molar-refractivity contribution is -0.914. The number of nitrogens with one attached hydrogen (secondary N) is 1. The molecule has 0 bridgehead atoms. The minimum Gasteiger partial charge on any atom is -0.545 e. The summed E-state index contributed by atoms with van der Waals surface area (Å²) in [5.41, 5.74) is 2.55. The van der Waals surface area contributed by atoms with Crippen LogP contribution in [0.25, 0.3) is 0 Å². The minimum atomic E-state index is -1.13. The highest BCUT2D eigenvalue weighted by Gasteiger charge is 2.20. The zero-order chi connectivity index (χ0) is 16.2. The quantitative estimate of drug-likeness (QED) is 0.893. The number of nitrogens with zero attached hydrogens (tertiary/aromatic N) is 1. The van der Waals surface area contributed by atoms with E-state index in [2.05, 4.69) is 11.0 Å². The molecule has 3 rings (SSSR count). The highest BCUT2D eigenvalue weighted by atomic mass is 35.5. The third kappa shape index (κ3) is 4.03. The summed E-state index contributed by atoms with van der Waals surface area (Å²) >= 11 is 6.04. The molecular formula is C18H19ClN2O2. The summed E-state index contributed by atoms with van der Waals surface area (Å²) in [6, 6.07) is 15.0. The van der Waals surface area contributed by atoms with Crippen molar-refractivity contribution in [1.29, 1.82) is 0 Å². The van der Waals surface area contributed by atoms with Crippen molar-refractivity contribution in [3.63, 3.8) is 0 Å². The Morgan fingerprint density at radius 3 is 2.43 bits per heavy atom. The number of piperazine rings is 1. The molecule has 1 saturated heterocycles. The first-order chi connectivity index (χ1) is 11.1. The van der Waals surface area contributed by atoms with E-state index in [9.17, 15) is 9.90 Å². The number of halogens is 1. The maximum absolute atomic E-state index is 10.8. The fourth-order valence-electron chi connectivity index (χ4n) is 3.00. The molecule has 0 saturated carbocycles. The van der Waals surface area contributed by atoms with Gasteiger partial charge in [0, 0.05) is 16.3 Å². The summed E-state index contributed by atoms with van der Waals surface area (Å²) in [5.74, 6) is -1.13. The van der Waals surface area contributed by atoms with Gasteiger partial charge in [0.2, 0.25) is 0 Å². The highest BCUT2D eigenvalue weighted by Crippen LogP contribution is 2.15. The normalized spacial score (nSPS) is 15.6. The number of carboxylic acids is 1. The van der Waals surface area contributed by atoms with E-state index in [4.69, 9.17) is 11.6 Å². The van der Waals surface area contributed by atoms with Crippen molar-refractivity contribution in [2.24, 2.45) is 0 Å². The Balaban J connectivity index is 1.56. The Labute approximate surface area is 140 Å². The molecule has 0 spiro atoms. The van der Waals surface area contributed by atoms with Gasteiger partial charge in [-0.2, -0.15) is 0 Å². The lowest BCUT2D eigenvalue weighted by Crippen LogP contribution is -3.13. The number of benzene rings is 2. The van der Waals surface area contributed by atoms with E-state index in [1.54, 1.807) is 12.1 Å². The van der Waals surface area contributed by atoms with Gasteiger partial charge in [-0.1, -0.05) is 35.9 Å². The van der Waals surface area contributed by atoms with Crippen LogP contribution in [0.4, 0.5) is 5.69 Å². The van der Waals surface area contributed by atoms with Crippen LogP contribution in [-0.4, -0.2) is 32.1 Å². The van der Waals surface area contributed by atoms with Crippen molar-refractivity contribution >= 4 is 23.3 Å². The third-order valence-electron chi connectivity index (χ3n) is 4.28. The van der Waals surface area contributed by atoms with E-state index in [-0.39, 0.29) is 5.56 Å². The molecular weight excluding hydrogens is 312 g/mol. The predicted molar refractivity (Wildman–Crippen MR) is 88.8 cm³/mol. The fourth-order valence-corrected chi connectivity index (χ4v) is 3.21. The number of carbonyl (C=O) groups excluding carboxylic acids is 1. The second-order valence-corrected chi connectivity index (χ2v) is 6.31. The molecule has 2 aromatic rings. The molecule has 0 atom stereocenters. The predicted octanol–water partition coefficient (Wildman–Crippen LogP) is 0.609. The van der Waals surface area contributed by atoms with Crippen LogP contribution in [0.5, 0.6) is 0 Å². The Morgan fingerprint density at radius 1 is 1.13 bits per heavy atom. The van der Waals surface area contributed by atoms with Crippen LogP contribution < -0.4 is 14.9 Å². The standard InChI is InChI=1S/C18H19ClN2O2/c19-16-3-1-2-14(12-16)13-20-8-10-21(11-9-20)17-6-4-15(5-7-17)18(22)23/h1-7,12H,8-11,13H2,(H,22,23). The fraction of sp³-hybridized carbons (Fsp3) is 0.278. The maximum atomic E-state index is 10.8. The Bertz CT molecular complexity index is 680. The van der Waals surface area contributed by atoms with Crippen LogP contribution in [0.15, 0.2) is 48.5 Å². The summed E-state index contributed by atoms with van der Waals surface area (Å²) in [6.45, 7) is 5.00. The lowest BCUT2D eigenvalue weighted by atomic mass is 10.1. The molecule has 5 heteroatoms. The SMILES string of the molecule is O=C([O-])c1ccc(N2CC[NH+](Cc3cccc(Cl)c3)CC2)cc1. The number of carboxylic acid groups (broad SMARTS) is 1. The molecule has 1 aliphatic heterocycles. The molecule has 0 radical (unpaired) electrons. The molecule has 0 aliphatic carbocycles. The van der Waals surface area contributed by atoms with Crippen LogP contribution >= 0.6 is 11.6 Å². The van der Waals surface area contributed by atoms with Gasteiger partial charge in [0.25, 0.3) is 0 Å². The summed E-state index contributed by atoms with van der Waals surface area (Å²) in [7, 11) is 0. The molecule has 1 N–H and O–H groups in total. The van der Waals surface area contributed by atoms with Gasteiger partial charge in [-0.25, -0.2) is 0 Å². The van der Waals surface area contributed by atoms with Gasteiger partial charge in [0.1, 0.15) is 6.54 Å². The molecule has 1 heterocycles. The molecule has 2 aromatic carbocycles. The Morgan fingerprint density at radius 2 is 1.83 bits per heavy atom. The van der Waals surface area contributed by atoms with Crippen molar-refractivity contribution in [2.45, 2.75) is 6.54 Å². The molecule has 120 valence electrons. The number of rotatable bonds is 4. The Hall–Kier alpha value is -2.04. The summed E-state index contributed by atoms with van der Waals surface area (Å²) in [4.78, 5) is 14.6. The van der Waals surface area contributed by atoms with Gasteiger partial charge >= 0.3 is 0 Å². The number of quaternary nitrogens is 1. The van der Waals surface area contributed by atoms with Crippen molar-refractivity contribution in [3.05, 3.63) is 64.7 Å². The molecule has 23 heavy (non-hydrogen) atoms. The monoisotopic (exact) mass is 330 g/mol. The van der Waals surface area contributed by atoms with Gasteiger partial charge in [-0.3, -0.25) is 0 Å². The average molecular weight is 331 g/mol. The number of carbonyl (C=O) groups is 1. The molecule has 0 aromatic heterocycles. The number of hydrogen-bond acceptors (Lipinski definition) is 3. The average Bonchev–Trinajstić information content (AvgIpc) is 2.56. The smallest absolute Gasteiger partial charge is 0.103 e. The van der Waals surface area contributed by atoms with E-state index in [0.717, 1.165) is 43.4 Å². The number of aromatic carboxylic acids is 1. The zero-order valence-corrected chi connectivity index (χ0v) is 13.6. The molecule has 1 fully saturated rings. The van der Waals surface area contributed by atoms with Crippen molar-refractivity contribution in [2.75, 3.05) is 31.1 Å². The van der Waals surface area contributed by atoms with Gasteiger partial charge in [-0.05, 0) is 29.8 Å². The van der Waals surface area contributed by atoms with Crippen molar-refractivity contribution in [3.8, 4) is 0 Å². The maximum Gasteiger partial charge on any atom is 0.103 e. The lowest BCUT2D eigenvalue weighted by Gasteiger charge is -2.33. The third-order valence-corrected chi connectivity index (χ3v) is 4.52. The summed E-state index contributed by atoms with van der Waals surface area (Å²) < 4.78 is 0. The van der Waals surface area contributed by atoms with Crippen molar-refractivity contribution < 1.29 is 14.8 Å². The van der Waals surface area contributed by atoms with E-state index < -0.39 is 5.97 Å². The van der Waals surface area contributed by atoms with Crippen molar-refractivity contribution in [1.82, 2.24) is 0 Å². The van der Waals surface area contributed by atoms with E-state index in [1.807, 2.05) is 30.3 Å².